The van der Waals surface area contributed by atoms with Crippen LogP contribution in [0.4, 0.5) is 17.6 Å². The molecule has 1 N–H and O–H groups in total. The lowest BCUT2D eigenvalue weighted by atomic mass is 10.1. The number of aromatic amines is 1. The SMILES string of the molecule is Fc1ccccc1-c1nc2cc[n+](Cc3ccc(C(F)(F)F)cc3)cc2[nH]1. The third kappa shape index (κ3) is 3.53. The highest BCUT2D eigenvalue weighted by Crippen LogP contribution is 2.29. The van der Waals surface area contributed by atoms with Crippen molar-refractivity contribution < 1.29 is 22.1 Å². The number of nitrogens with one attached hydrogen (secondary N) is 1. The van der Waals surface area contributed by atoms with Gasteiger partial charge in [0.15, 0.2) is 18.9 Å². The van der Waals surface area contributed by atoms with Gasteiger partial charge in [-0.25, -0.2) is 9.37 Å². The summed E-state index contributed by atoms with van der Waals surface area (Å²) >= 11 is 0. The molecule has 27 heavy (non-hydrogen) atoms. The third-order valence-electron chi connectivity index (χ3n) is 4.26. The molecule has 0 saturated heterocycles. The molecular weight excluding hydrogens is 358 g/mol. The van der Waals surface area contributed by atoms with Crippen molar-refractivity contribution in [2.45, 2.75) is 12.7 Å². The van der Waals surface area contributed by atoms with Crippen LogP contribution in [0.5, 0.6) is 0 Å². The number of alkyl halides is 3. The van der Waals surface area contributed by atoms with Crippen LogP contribution in [0, 0.1) is 5.82 Å². The molecule has 4 rings (SSSR count). The quantitative estimate of drug-likeness (QED) is 0.410. The first-order valence-electron chi connectivity index (χ1n) is 8.20. The molecule has 3 nitrogen and oxygen atoms in total. The van der Waals surface area contributed by atoms with Crippen molar-refractivity contribution in [3.63, 3.8) is 0 Å². The summed E-state index contributed by atoms with van der Waals surface area (Å²) in [5, 5.41) is 0. The summed E-state index contributed by atoms with van der Waals surface area (Å²) < 4.78 is 53.7. The fourth-order valence-corrected chi connectivity index (χ4v) is 2.89. The summed E-state index contributed by atoms with van der Waals surface area (Å²) in [5.74, 6) is 0.0598. The maximum atomic E-state index is 13.9. The van der Waals surface area contributed by atoms with Crippen LogP contribution in [-0.4, -0.2) is 9.97 Å². The molecule has 0 aliphatic carbocycles. The number of hydrogen-bond donors (Lipinski definition) is 1. The zero-order chi connectivity index (χ0) is 19.0. The number of nitrogens with zero attached hydrogens (tertiary/aromatic N) is 2. The van der Waals surface area contributed by atoms with Gasteiger partial charge in [0.05, 0.1) is 11.1 Å². The number of aromatic nitrogens is 3. The van der Waals surface area contributed by atoms with Crippen molar-refractivity contribution in [1.82, 2.24) is 9.97 Å². The summed E-state index contributed by atoms with van der Waals surface area (Å²) in [6.45, 7) is 0.405. The van der Waals surface area contributed by atoms with Crippen LogP contribution in [0.1, 0.15) is 11.1 Å². The minimum absolute atomic E-state index is 0.366. The Labute approximate surface area is 151 Å². The van der Waals surface area contributed by atoms with Crippen molar-refractivity contribution in [1.29, 1.82) is 0 Å². The molecule has 2 aromatic heterocycles. The average molecular weight is 372 g/mol. The maximum absolute atomic E-state index is 13.9. The zero-order valence-corrected chi connectivity index (χ0v) is 14.0. The van der Waals surface area contributed by atoms with Crippen LogP contribution >= 0.6 is 0 Å². The van der Waals surface area contributed by atoms with Crippen molar-refractivity contribution in [2.75, 3.05) is 0 Å². The Morgan fingerprint density at radius 3 is 2.41 bits per heavy atom. The highest BCUT2D eigenvalue weighted by Gasteiger charge is 2.30. The minimum Gasteiger partial charge on any atom is -0.333 e. The predicted octanol–water partition coefficient (Wildman–Crippen LogP) is 4.72. The molecule has 0 unspecified atom stereocenters. The lowest BCUT2D eigenvalue weighted by Gasteiger charge is -2.06. The number of fused-ring (bicyclic) bond motifs is 1. The van der Waals surface area contributed by atoms with E-state index in [4.69, 9.17) is 0 Å². The molecule has 0 amide bonds. The van der Waals surface area contributed by atoms with E-state index >= 15 is 0 Å². The van der Waals surface area contributed by atoms with E-state index in [0.717, 1.165) is 17.7 Å². The van der Waals surface area contributed by atoms with E-state index in [-0.39, 0.29) is 5.82 Å². The summed E-state index contributed by atoms with van der Waals surface area (Å²) in [5.41, 5.74) is 1.83. The topological polar surface area (TPSA) is 32.6 Å². The summed E-state index contributed by atoms with van der Waals surface area (Å²) in [4.78, 5) is 7.48. The van der Waals surface area contributed by atoms with E-state index in [1.165, 1.54) is 18.2 Å². The molecule has 0 aliphatic rings. The monoisotopic (exact) mass is 372 g/mol. The molecule has 7 heteroatoms. The maximum Gasteiger partial charge on any atom is 0.416 e. The number of rotatable bonds is 3. The molecule has 0 fully saturated rings. The molecule has 0 bridgehead atoms. The zero-order valence-electron chi connectivity index (χ0n) is 14.0. The van der Waals surface area contributed by atoms with Crippen LogP contribution in [-0.2, 0) is 12.7 Å². The van der Waals surface area contributed by atoms with Gasteiger partial charge >= 0.3 is 6.18 Å². The van der Waals surface area contributed by atoms with Crippen molar-refractivity contribution >= 4 is 11.0 Å². The van der Waals surface area contributed by atoms with Gasteiger partial charge in [-0.1, -0.05) is 24.3 Å². The van der Waals surface area contributed by atoms with Gasteiger partial charge in [0, 0.05) is 11.6 Å². The second-order valence-electron chi connectivity index (χ2n) is 6.18. The number of H-pyrrole nitrogens is 1. The fraction of sp³-hybridized carbons (Fsp3) is 0.100. The molecule has 0 aliphatic heterocycles. The van der Waals surface area contributed by atoms with Gasteiger partial charge in [-0.15, -0.1) is 0 Å². The van der Waals surface area contributed by atoms with Gasteiger partial charge < -0.3 is 4.98 Å². The second kappa shape index (κ2) is 6.50. The van der Waals surface area contributed by atoms with E-state index < -0.39 is 11.7 Å². The molecular formula is C20H14F4N3+. The van der Waals surface area contributed by atoms with E-state index in [2.05, 4.69) is 9.97 Å². The molecule has 2 heterocycles. The van der Waals surface area contributed by atoms with Gasteiger partial charge in [0.25, 0.3) is 0 Å². The third-order valence-corrected chi connectivity index (χ3v) is 4.26. The smallest absolute Gasteiger partial charge is 0.333 e. The molecule has 0 spiro atoms. The number of pyridine rings is 1. The van der Waals surface area contributed by atoms with E-state index in [1.54, 1.807) is 36.7 Å². The van der Waals surface area contributed by atoms with Crippen LogP contribution in [0.3, 0.4) is 0 Å². The molecule has 136 valence electrons. The number of hydrogen-bond acceptors (Lipinski definition) is 1. The number of imidazole rings is 1. The Kier molecular flexibility index (Phi) is 4.14. The number of benzene rings is 2. The summed E-state index contributed by atoms with van der Waals surface area (Å²) in [6.07, 6.45) is -0.764. The molecule has 4 aromatic rings. The first-order valence-corrected chi connectivity index (χ1v) is 8.20. The van der Waals surface area contributed by atoms with E-state index in [0.29, 0.717) is 29.0 Å². The van der Waals surface area contributed by atoms with Gasteiger partial charge in [-0.2, -0.15) is 17.7 Å². The Balaban J connectivity index is 1.61. The first-order chi connectivity index (χ1) is 12.9. The van der Waals surface area contributed by atoms with Crippen LogP contribution in [0.2, 0.25) is 0 Å². The van der Waals surface area contributed by atoms with Crippen molar-refractivity contribution in [3.05, 3.63) is 83.9 Å². The largest absolute Gasteiger partial charge is 0.416 e. The summed E-state index contributed by atoms with van der Waals surface area (Å²) in [6, 6.07) is 13.2. The van der Waals surface area contributed by atoms with Crippen molar-refractivity contribution in [2.24, 2.45) is 0 Å². The fourth-order valence-electron chi connectivity index (χ4n) is 2.89. The van der Waals surface area contributed by atoms with Crippen LogP contribution < -0.4 is 4.57 Å². The normalized spacial score (nSPS) is 11.9. The molecule has 0 atom stereocenters. The predicted molar refractivity (Wildman–Crippen MR) is 92.2 cm³/mol. The summed E-state index contributed by atoms with van der Waals surface area (Å²) in [7, 11) is 0. The van der Waals surface area contributed by atoms with E-state index in [1.807, 2.05) is 4.57 Å². The standard InChI is InChI=1S/C20H13F4N3/c21-16-4-2-1-3-15(16)19-25-17-9-10-27(12-18(17)26-19)11-13-5-7-14(8-6-13)20(22,23)24/h1-10,12H,11H2/p+1. The average Bonchev–Trinajstić information content (AvgIpc) is 3.05. The number of halogens is 4. The van der Waals surface area contributed by atoms with Gasteiger partial charge in [0.1, 0.15) is 22.7 Å². The first kappa shape index (κ1) is 17.2. The molecule has 0 radical (unpaired) electrons. The Bertz CT molecular complexity index is 1100. The van der Waals surface area contributed by atoms with Gasteiger partial charge in [-0.3, -0.25) is 0 Å². The highest BCUT2D eigenvalue weighted by atomic mass is 19.4. The Hall–Kier alpha value is -3.22. The Morgan fingerprint density at radius 2 is 1.70 bits per heavy atom. The second-order valence-corrected chi connectivity index (χ2v) is 6.18. The van der Waals surface area contributed by atoms with Gasteiger partial charge in [0.2, 0.25) is 0 Å². The van der Waals surface area contributed by atoms with Crippen LogP contribution in [0.25, 0.3) is 22.4 Å². The minimum atomic E-state index is -4.34. The lowest BCUT2D eigenvalue weighted by molar-refractivity contribution is -0.687. The lowest BCUT2D eigenvalue weighted by Crippen LogP contribution is -2.33. The van der Waals surface area contributed by atoms with Crippen LogP contribution in [0.15, 0.2) is 67.0 Å². The molecule has 0 saturated carbocycles. The van der Waals surface area contributed by atoms with Crippen molar-refractivity contribution in [3.8, 4) is 11.4 Å². The van der Waals surface area contributed by atoms with E-state index in [9.17, 15) is 17.6 Å². The highest BCUT2D eigenvalue weighted by molar-refractivity contribution is 5.77. The molecule has 2 aromatic carbocycles. The Morgan fingerprint density at radius 1 is 0.963 bits per heavy atom. The van der Waals surface area contributed by atoms with Gasteiger partial charge in [-0.05, 0) is 24.3 Å².